The molecule has 0 aliphatic heterocycles. The predicted molar refractivity (Wildman–Crippen MR) is 107 cm³/mol. The minimum Gasteiger partial charge on any atom is -0.497 e. The van der Waals surface area contributed by atoms with E-state index in [2.05, 4.69) is 48.5 Å². The number of methoxy groups -OCH3 is 1. The molecule has 0 amide bonds. The van der Waals surface area contributed by atoms with Crippen LogP contribution in [0.25, 0.3) is 33.5 Å². The summed E-state index contributed by atoms with van der Waals surface area (Å²) in [5, 5.41) is 0. The van der Waals surface area contributed by atoms with Crippen molar-refractivity contribution in [3.05, 3.63) is 97.2 Å². The van der Waals surface area contributed by atoms with E-state index < -0.39 is 0 Å². The largest absolute Gasteiger partial charge is 0.497 e. The van der Waals surface area contributed by atoms with Gasteiger partial charge in [0.1, 0.15) is 5.75 Å². The van der Waals surface area contributed by atoms with Gasteiger partial charge in [0.05, 0.1) is 12.8 Å². The monoisotopic (exact) mass is 337 g/mol. The number of ether oxygens (including phenoxy) is 1. The summed E-state index contributed by atoms with van der Waals surface area (Å²) in [6.45, 7) is 0. The van der Waals surface area contributed by atoms with Gasteiger partial charge in [-0.25, -0.2) is 0 Å². The summed E-state index contributed by atoms with van der Waals surface area (Å²) in [5.74, 6) is 0.829. The van der Waals surface area contributed by atoms with Gasteiger partial charge in [0.2, 0.25) is 0 Å². The van der Waals surface area contributed by atoms with E-state index in [0.717, 1.165) is 39.3 Å². The van der Waals surface area contributed by atoms with Crippen LogP contribution in [-0.2, 0) is 0 Å². The number of aromatic nitrogens is 1. The molecule has 0 aliphatic rings. The topological polar surface area (TPSA) is 22.1 Å². The zero-order chi connectivity index (χ0) is 17.8. The zero-order valence-corrected chi connectivity index (χ0v) is 14.6. The van der Waals surface area contributed by atoms with Crippen molar-refractivity contribution in [1.82, 2.24) is 4.98 Å². The Balaban J connectivity index is 1.91. The molecule has 3 aromatic carbocycles. The lowest BCUT2D eigenvalue weighted by Crippen LogP contribution is -1.92. The Hall–Kier alpha value is -3.39. The van der Waals surface area contributed by atoms with Crippen LogP contribution < -0.4 is 4.74 Å². The second-order valence-electron chi connectivity index (χ2n) is 6.08. The molecular formula is C24H19NO. The van der Waals surface area contributed by atoms with Crippen LogP contribution in [0.4, 0.5) is 0 Å². The average Bonchev–Trinajstić information content (AvgIpc) is 2.74. The number of benzene rings is 3. The van der Waals surface area contributed by atoms with Gasteiger partial charge in [0.25, 0.3) is 0 Å². The summed E-state index contributed by atoms with van der Waals surface area (Å²) in [6, 6.07) is 31.0. The molecule has 1 aromatic heterocycles. The maximum absolute atomic E-state index is 5.39. The van der Waals surface area contributed by atoms with Gasteiger partial charge in [-0.2, -0.15) is 0 Å². The van der Waals surface area contributed by atoms with Crippen molar-refractivity contribution in [2.24, 2.45) is 0 Å². The molecule has 2 heteroatoms. The molecule has 0 unspecified atom stereocenters. The van der Waals surface area contributed by atoms with Crippen molar-refractivity contribution < 1.29 is 4.74 Å². The summed E-state index contributed by atoms with van der Waals surface area (Å²) in [4.78, 5) is 4.82. The lowest BCUT2D eigenvalue weighted by Gasteiger charge is -2.13. The number of pyridine rings is 1. The first-order chi connectivity index (χ1) is 12.8. The second-order valence-corrected chi connectivity index (χ2v) is 6.08. The lowest BCUT2D eigenvalue weighted by molar-refractivity contribution is 0.415. The SMILES string of the molecule is COc1cccc(-c2ncc(-c3ccccc3)cc2-c2ccccc2)c1. The van der Waals surface area contributed by atoms with Crippen LogP contribution in [0.2, 0.25) is 0 Å². The highest BCUT2D eigenvalue weighted by Crippen LogP contribution is 2.34. The summed E-state index contributed by atoms with van der Waals surface area (Å²) in [5.41, 5.74) is 6.53. The molecule has 126 valence electrons. The third-order valence-electron chi connectivity index (χ3n) is 4.42. The van der Waals surface area contributed by atoms with Crippen LogP contribution in [0.15, 0.2) is 97.2 Å². The fourth-order valence-corrected chi connectivity index (χ4v) is 3.09. The van der Waals surface area contributed by atoms with Crippen molar-refractivity contribution >= 4 is 0 Å². The molecule has 26 heavy (non-hydrogen) atoms. The number of rotatable bonds is 4. The molecule has 0 spiro atoms. The van der Waals surface area contributed by atoms with Gasteiger partial charge < -0.3 is 4.74 Å². The van der Waals surface area contributed by atoms with Crippen molar-refractivity contribution in [2.45, 2.75) is 0 Å². The molecule has 0 saturated heterocycles. The first kappa shape index (κ1) is 16.1. The number of hydrogen-bond acceptors (Lipinski definition) is 2. The zero-order valence-electron chi connectivity index (χ0n) is 14.6. The van der Waals surface area contributed by atoms with Crippen LogP contribution in [0.5, 0.6) is 5.75 Å². The fourth-order valence-electron chi connectivity index (χ4n) is 3.09. The Kier molecular flexibility index (Phi) is 4.48. The van der Waals surface area contributed by atoms with Gasteiger partial charge in [-0.3, -0.25) is 4.98 Å². The lowest BCUT2D eigenvalue weighted by atomic mass is 9.96. The second kappa shape index (κ2) is 7.24. The van der Waals surface area contributed by atoms with E-state index in [0.29, 0.717) is 0 Å². The first-order valence-electron chi connectivity index (χ1n) is 8.60. The Labute approximate surface area is 153 Å². The third-order valence-corrected chi connectivity index (χ3v) is 4.42. The van der Waals surface area contributed by atoms with Crippen LogP contribution in [0.1, 0.15) is 0 Å². The van der Waals surface area contributed by atoms with Crippen molar-refractivity contribution in [3.8, 4) is 39.3 Å². The Morgan fingerprint density at radius 1 is 0.615 bits per heavy atom. The number of nitrogens with zero attached hydrogens (tertiary/aromatic N) is 1. The quantitative estimate of drug-likeness (QED) is 0.449. The summed E-state index contributed by atoms with van der Waals surface area (Å²) >= 11 is 0. The van der Waals surface area contributed by atoms with E-state index in [1.165, 1.54) is 0 Å². The molecule has 0 atom stereocenters. The Bertz CT molecular complexity index is 1010. The Morgan fingerprint density at radius 2 is 1.27 bits per heavy atom. The normalized spacial score (nSPS) is 10.5. The van der Waals surface area contributed by atoms with E-state index >= 15 is 0 Å². The summed E-state index contributed by atoms with van der Waals surface area (Å²) in [7, 11) is 1.68. The highest BCUT2D eigenvalue weighted by molar-refractivity contribution is 5.84. The molecule has 0 bridgehead atoms. The Morgan fingerprint density at radius 3 is 1.96 bits per heavy atom. The highest BCUT2D eigenvalue weighted by atomic mass is 16.5. The van der Waals surface area contributed by atoms with Gasteiger partial charge in [-0.15, -0.1) is 0 Å². The minimum atomic E-state index is 0.829. The molecule has 4 rings (SSSR count). The molecule has 2 nitrogen and oxygen atoms in total. The van der Waals surface area contributed by atoms with Crippen LogP contribution >= 0.6 is 0 Å². The molecule has 0 radical (unpaired) electrons. The highest BCUT2D eigenvalue weighted by Gasteiger charge is 2.12. The summed E-state index contributed by atoms with van der Waals surface area (Å²) in [6.07, 6.45) is 1.94. The minimum absolute atomic E-state index is 0.829. The van der Waals surface area contributed by atoms with Gasteiger partial charge in [0.15, 0.2) is 0 Å². The average molecular weight is 337 g/mol. The molecular weight excluding hydrogens is 318 g/mol. The van der Waals surface area contributed by atoms with E-state index in [1.54, 1.807) is 7.11 Å². The standard InChI is InChI=1S/C24H19NO/c1-26-22-14-8-13-20(15-22)24-23(19-11-6-3-7-12-19)16-21(17-25-24)18-9-4-2-5-10-18/h2-17H,1H3. The molecule has 1 heterocycles. The summed E-state index contributed by atoms with van der Waals surface area (Å²) < 4.78 is 5.39. The van der Waals surface area contributed by atoms with Crippen LogP contribution in [-0.4, -0.2) is 12.1 Å². The van der Waals surface area contributed by atoms with Crippen molar-refractivity contribution in [2.75, 3.05) is 7.11 Å². The molecule has 4 aromatic rings. The van der Waals surface area contributed by atoms with Gasteiger partial charge in [-0.05, 0) is 29.3 Å². The van der Waals surface area contributed by atoms with Gasteiger partial charge in [-0.1, -0.05) is 72.8 Å². The van der Waals surface area contributed by atoms with E-state index in [9.17, 15) is 0 Å². The first-order valence-corrected chi connectivity index (χ1v) is 8.60. The molecule has 0 aliphatic carbocycles. The third kappa shape index (κ3) is 3.22. The van der Waals surface area contributed by atoms with Crippen LogP contribution in [0, 0.1) is 0 Å². The maximum Gasteiger partial charge on any atom is 0.119 e. The van der Waals surface area contributed by atoms with Gasteiger partial charge >= 0.3 is 0 Å². The van der Waals surface area contributed by atoms with E-state index in [1.807, 2.05) is 48.7 Å². The van der Waals surface area contributed by atoms with E-state index in [4.69, 9.17) is 9.72 Å². The predicted octanol–water partition coefficient (Wildman–Crippen LogP) is 6.09. The fraction of sp³-hybridized carbons (Fsp3) is 0.0417. The van der Waals surface area contributed by atoms with E-state index in [-0.39, 0.29) is 0 Å². The molecule has 0 fully saturated rings. The molecule has 0 N–H and O–H groups in total. The van der Waals surface area contributed by atoms with Crippen molar-refractivity contribution in [3.63, 3.8) is 0 Å². The number of hydrogen-bond donors (Lipinski definition) is 0. The molecule has 0 saturated carbocycles. The van der Waals surface area contributed by atoms with Gasteiger partial charge in [0, 0.05) is 22.9 Å². The van der Waals surface area contributed by atoms with Crippen molar-refractivity contribution in [1.29, 1.82) is 0 Å². The maximum atomic E-state index is 5.39. The smallest absolute Gasteiger partial charge is 0.119 e. The van der Waals surface area contributed by atoms with Crippen LogP contribution in [0.3, 0.4) is 0 Å².